The number of morpholine rings is 1. The largest absolute Gasteiger partial charge is 0.372 e. The van der Waals surface area contributed by atoms with Crippen LogP contribution in [0.25, 0.3) is 0 Å². The van der Waals surface area contributed by atoms with Gasteiger partial charge in [0.05, 0.1) is 18.4 Å². The monoisotopic (exact) mass is 271 g/mol. The summed E-state index contributed by atoms with van der Waals surface area (Å²) in [5.41, 5.74) is 0. The number of rotatable bonds is 3. The van der Waals surface area contributed by atoms with E-state index in [9.17, 15) is 8.42 Å². The molecular formula is C11H17N3O3S. The Labute approximate surface area is 106 Å². The van der Waals surface area contributed by atoms with E-state index < -0.39 is 10.0 Å². The maximum Gasteiger partial charge on any atom is 0.260 e. The average Bonchev–Trinajstić information content (AvgIpc) is 2.96. The Kier molecular flexibility index (Phi) is 2.91. The number of H-pyrrole nitrogens is 1. The molecule has 2 fully saturated rings. The van der Waals surface area contributed by atoms with Gasteiger partial charge in [-0.25, -0.2) is 13.4 Å². The summed E-state index contributed by atoms with van der Waals surface area (Å²) in [5, 5.41) is 0.195. The Morgan fingerprint density at radius 1 is 1.44 bits per heavy atom. The van der Waals surface area contributed by atoms with Crippen molar-refractivity contribution < 1.29 is 13.2 Å². The Morgan fingerprint density at radius 3 is 2.67 bits per heavy atom. The normalized spacial score (nSPS) is 28.7. The smallest absolute Gasteiger partial charge is 0.260 e. The molecule has 0 aromatic carbocycles. The van der Waals surface area contributed by atoms with Crippen LogP contribution >= 0.6 is 0 Å². The van der Waals surface area contributed by atoms with Gasteiger partial charge in [0.25, 0.3) is 10.0 Å². The standard InChI is InChI=1S/C11H17N3O3S/c1-2-10-12-5-11(13-10)18(15,16)14-6-8-3-4-9(7-14)17-8/h5,8-9H,2-4,6-7H2,1H3,(H,12,13). The highest BCUT2D eigenvalue weighted by Crippen LogP contribution is 2.29. The number of aromatic amines is 1. The highest BCUT2D eigenvalue weighted by atomic mass is 32.2. The number of nitrogens with zero attached hydrogens (tertiary/aromatic N) is 2. The van der Waals surface area contributed by atoms with Crippen LogP contribution in [0.4, 0.5) is 0 Å². The highest BCUT2D eigenvalue weighted by Gasteiger charge is 2.39. The molecule has 0 aliphatic carbocycles. The van der Waals surface area contributed by atoms with Gasteiger partial charge < -0.3 is 9.72 Å². The molecule has 2 atom stereocenters. The van der Waals surface area contributed by atoms with E-state index in [-0.39, 0.29) is 17.2 Å². The molecule has 3 heterocycles. The number of nitrogens with one attached hydrogen (secondary N) is 1. The van der Waals surface area contributed by atoms with Gasteiger partial charge in [-0.05, 0) is 12.8 Å². The van der Waals surface area contributed by atoms with Gasteiger partial charge in [-0.3, -0.25) is 0 Å². The van der Waals surface area contributed by atoms with Crippen molar-refractivity contribution >= 4 is 10.0 Å². The first kappa shape index (κ1) is 12.1. The van der Waals surface area contributed by atoms with Crippen molar-refractivity contribution in [3.8, 4) is 0 Å². The number of hydrogen-bond acceptors (Lipinski definition) is 4. The minimum absolute atomic E-state index is 0.0621. The molecule has 2 bridgehead atoms. The van der Waals surface area contributed by atoms with E-state index in [0.29, 0.717) is 25.3 Å². The zero-order valence-electron chi connectivity index (χ0n) is 10.3. The summed E-state index contributed by atoms with van der Waals surface area (Å²) in [5.74, 6) is 0.699. The van der Waals surface area contributed by atoms with Crippen molar-refractivity contribution in [1.29, 1.82) is 0 Å². The van der Waals surface area contributed by atoms with Crippen molar-refractivity contribution in [1.82, 2.24) is 14.3 Å². The van der Waals surface area contributed by atoms with Crippen LogP contribution in [-0.4, -0.2) is 48.0 Å². The summed E-state index contributed by atoms with van der Waals surface area (Å²) in [4.78, 5) is 6.93. The number of hydrogen-bond donors (Lipinski definition) is 1. The molecule has 2 aliphatic heterocycles. The molecule has 6 nitrogen and oxygen atoms in total. The SMILES string of the molecule is CCc1ncc(S(=O)(=O)N2CC3CCC(C2)O3)[nH]1. The van der Waals surface area contributed by atoms with Gasteiger partial charge in [0.1, 0.15) is 5.82 Å². The van der Waals surface area contributed by atoms with Crippen LogP contribution in [0.3, 0.4) is 0 Å². The van der Waals surface area contributed by atoms with E-state index in [1.807, 2.05) is 6.92 Å². The lowest BCUT2D eigenvalue weighted by molar-refractivity contribution is -0.0115. The summed E-state index contributed by atoms with van der Waals surface area (Å²) in [6.07, 6.45) is 4.15. The number of aromatic nitrogens is 2. The van der Waals surface area contributed by atoms with Crippen molar-refractivity contribution in [2.45, 2.75) is 43.4 Å². The maximum atomic E-state index is 12.4. The van der Waals surface area contributed by atoms with Gasteiger partial charge >= 0.3 is 0 Å². The number of aryl methyl sites for hydroxylation is 1. The third-order valence-corrected chi connectivity index (χ3v) is 5.31. The first-order chi connectivity index (χ1) is 8.59. The summed E-state index contributed by atoms with van der Waals surface area (Å²) in [7, 11) is -3.44. The predicted molar refractivity (Wildman–Crippen MR) is 64.6 cm³/mol. The van der Waals surface area contributed by atoms with Crippen molar-refractivity contribution in [2.24, 2.45) is 0 Å². The molecule has 1 N–H and O–H groups in total. The molecule has 0 saturated carbocycles. The molecule has 1 aromatic heterocycles. The highest BCUT2D eigenvalue weighted by molar-refractivity contribution is 7.89. The molecule has 2 saturated heterocycles. The van der Waals surface area contributed by atoms with Crippen LogP contribution in [0.2, 0.25) is 0 Å². The second kappa shape index (κ2) is 4.32. The third-order valence-electron chi connectivity index (χ3n) is 3.57. The maximum absolute atomic E-state index is 12.4. The summed E-state index contributed by atoms with van der Waals surface area (Å²) < 4.78 is 32.0. The minimum atomic E-state index is -3.44. The van der Waals surface area contributed by atoms with Gasteiger partial charge in [-0.1, -0.05) is 6.92 Å². The molecule has 2 aliphatic rings. The Hall–Kier alpha value is -0.920. The minimum Gasteiger partial charge on any atom is -0.372 e. The van der Waals surface area contributed by atoms with Gasteiger partial charge in [-0.2, -0.15) is 4.31 Å². The summed E-state index contributed by atoms with van der Waals surface area (Å²) >= 11 is 0. The molecule has 2 unspecified atom stereocenters. The lowest BCUT2D eigenvalue weighted by atomic mass is 10.2. The van der Waals surface area contributed by atoms with Crippen molar-refractivity contribution in [2.75, 3.05) is 13.1 Å². The van der Waals surface area contributed by atoms with Crippen molar-refractivity contribution in [3.05, 3.63) is 12.0 Å². The second-order valence-corrected chi connectivity index (χ2v) is 6.73. The topological polar surface area (TPSA) is 75.3 Å². The molecule has 3 rings (SSSR count). The average molecular weight is 271 g/mol. The Balaban J connectivity index is 1.86. The van der Waals surface area contributed by atoms with E-state index in [2.05, 4.69) is 9.97 Å². The number of sulfonamides is 1. The van der Waals surface area contributed by atoms with Crippen molar-refractivity contribution in [3.63, 3.8) is 0 Å². The fraction of sp³-hybridized carbons (Fsp3) is 0.727. The summed E-state index contributed by atoms with van der Waals surface area (Å²) in [6.45, 7) is 2.85. The van der Waals surface area contributed by atoms with Crippen LogP contribution in [0, 0.1) is 0 Å². The molecule has 7 heteroatoms. The van der Waals surface area contributed by atoms with Crippen LogP contribution in [0.1, 0.15) is 25.6 Å². The fourth-order valence-corrected chi connectivity index (χ4v) is 4.00. The molecule has 1 aromatic rings. The number of imidazole rings is 1. The molecule has 0 amide bonds. The van der Waals surface area contributed by atoms with Gasteiger partial charge in [0, 0.05) is 19.5 Å². The second-order valence-electron chi connectivity index (χ2n) is 4.83. The van der Waals surface area contributed by atoms with Gasteiger partial charge in [0.15, 0.2) is 5.03 Å². The van der Waals surface area contributed by atoms with Crippen LogP contribution < -0.4 is 0 Å². The molecule has 100 valence electrons. The Morgan fingerprint density at radius 2 is 2.11 bits per heavy atom. The van der Waals surface area contributed by atoms with Gasteiger partial charge in [-0.15, -0.1) is 0 Å². The predicted octanol–water partition coefficient (Wildman–Crippen LogP) is 0.524. The van der Waals surface area contributed by atoms with E-state index in [0.717, 1.165) is 12.8 Å². The van der Waals surface area contributed by atoms with E-state index in [1.165, 1.54) is 10.5 Å². The lowest BCUT2D eigenvalue weighted by Crippen LogP contribution is -2.45. The first-order valence-electron chi connectivity index (χ1n) is 6.29. The fourth-order valence-electron chi connectivity index (χ4n) is 2.57. The van der Waals surface area contributed by atoms with E-state index in [1.54, 1.807) is 0 Å². The lowest BCUT2D eigenvalue weighted by Gasteiger charge is -2.30. The van der Waals surface area contributed by atoms with Gasteiger partial charge in [0.2, 0.25) is 0 Å². The molecule has 18 heavy (non-hydrogen) atoms. The molecule has 0 radical (unpaired) electrons. The van der Waals surface area contributed by atoms with E-state index in [4.69, 9.17) is 4.74 Å². The van der Waals surface area contributed by atoms with E-state index >= 15 is 0 Å². The quantitative estimate of drug-likeness (QED) is 0.870. The first-order valence-corrected chi connectivity index (χ1v) is 7.73. The molecular weight excluding hydrogens is 254 g/mol. The van der Waals surface area contributed by atoms with Crippen LogP contribution in [0.15, 0.2) is 11.2 Å². The van der Waals surface area contributed by atoms with Crippen LogP contribution in [0.5, 0.6) is 0 Å². The zero-order valence-corrected chi connectivity index (χ0v) is 11.1. The van der Waals surface area contributed by atoms with Crippen LogP contribution in [-0.2, 0) is 21.2 Å². The zero-order chi connectivity index (χ0) is 12.8. The Bertz CT molecular complexity index is 527. The number of ether oxygens (including phenoxy) is 1. The summed E-state index contributed by atoms with van der Waals surface area (Å²) in [6, 6.07) is 0. The number of fused-ring (bicyclic) bond motifs is 2. The third kappa shape index (κ3) is 1.96. The molecule has 0 spiro atoms.